The first-order chi connectivity index (χ1) is 9.91. The molecule has 2 heteroatoms. The average molecular weight is 309 g/mol. The standard InChI is InChI=1S/C20H40N2/c1-11-19(12-2,21-15-17(5,6)7)20(13-3,14-4)22-16-18(8,9)10/h15-16H,11-14H2,1-10H3. The molecule has 0 rings (SSSR count). The van der Waals surface area contributed by atoms with E-state index in [1.165, 1.54) is 0 Å². The van der Waals surface area contributed by atoms with Crippen LogP contribution in [0.15, 0.2) is 9.98 Å². The van der Waals surface area contributed by atoms with E-state index in [2.05, 4.69) is 81.7 Å². The molecule has 0 aromatic heterocycles. The van der Waals surface area contributed by atoms with Gasteiger partial charge >= 0.3 is 0 Å². The molecular formula is C20H40N2. The van der Waals surface area contributed by atoms with Gasteiger partial charge in [0.1, 0.15) is 0 Å². The van der Waals surface area contributed by atoms with Crippen molar-refractivity contribution in [3.63, 3.8) is 0 Å². The van der Waals surface area contributed by atoms with Gasteiger partial charge in [0, 0.05) is 12.4 Å². The Hall–Kier alpha value is -0.660. The SMILES string of the molecule is CCC(CC)(N=CC(C)(C)C)C(CC)(CC)N=CC(C)(C)C. The van der Waals surface area contributed by atoms with Crippen LogP contribution in [0.5, 0.6) is 0 Å². The molecule has 0 N–H and O–H groups in total. The quantitative estimate of drug-likeness (QED) is 0.490. The zero-order chi connectivity index (χ0) is 17.7. The van der Waals surface area contributed by atoms with Crippen molar-refractivity contribution in [2.45, 2.75) is 106 Å². The molecule has 0 saturated heterocycles. The summed E-state index contributed by atoms with van der Waals surface area (Å²) in [4.78, 5) is 10.3. The van der Waals surface area contributed by atoms with E-state index in [0.29, 0.717) is 0 Å². The summed E-state index contributed by atoms with van der Waals surface area (Å²) >= 11 is 0. The molecular weight excluding hydrogens is 268 g/mol. The van der Waals surface area contributed by atoms with Crippen molar-refractivity contribution >= 4 is 12.4 Å². The predicted molar refractivity (Wildman–Crippen MR) is 103 cm³/mol. The molecule has 22 heavy (non-hydrogen) atoms. The average Bonchev–Trinajstić information content (AvgIpc) is 2.41. The maximum Gasteiger partial charge on any atom is 0.0849 e. The molecule has 130 valence electrons. The molecule has 2 nitrogen and oxygen atoms in total. The third-order valence-electron chi connectivity index (χ3n) is 4.60. The van der Waals surface area contributed by atoms with E-state index in [4.69, 9.17) is 9.98 Å². The van der Waals surface area contributed by atoms with Gasteiger partial charge in [0.25, 0.3) is 0 Å². The smallest absolute Gasteiger partial charge is 0.0849 e. The van der Waals surface area contributed by atoms with Crippen molar-refractivity contribution in [1.82, 2.24) is 0 Å². The molecule has 0 saturated carbocycles. The molecule has 0 aliphatic rings. The lowest BCUT2D eigenvalue weighted by Gasteiger charge is -2.45. The van der Waals surface area contributed by atoms with Gasteiger partial charge in [0.05, 0.1) is 11.1 Å². The van der Waals surface area contributed by atoms with Crippen LogP contribution in [0.3, 0.4) is 0 Å². The summed E-state index contributed by atoms with van der Waals surface area (Å²) in [5.41, 5.74) is 0.00414. The van der Waals surface area contributed by atoms with Gasteiger partial charge in [-0.3, -0.25) is 9.98 Å². The Labute approximate surface area is 139 Å². The summed E-state index contributed by atoms with van der Waals surface area (Å²) in [5, 5.41) is 0. The molecule has 0 bridgehead atoms. The summed E-state index contributed by atoms with van der Waals surface area (Å²) in [6, 6.07) is 0. The lowest BCUT2D eigenvalue weighted by Crippen LogP contribution is -2.51. The van der Waals surface area contributed by atoms with E-state index >= 15 is 0 Å². The summed E-state index contributed by atoms with van der Waals surface area (Å²) in [7, 11) is 0. The molecule has 0 unspecified atom stereocenters. The van der Waals surface area contributed by atoms with Crippen LogP contribution in [-0.2, 0) is 0 Å². The zero-order valence-electron chi connectivity index (χ0n) is 16.9. The minimum atomic E-state index is -0.106. The maximum absolute atomic E-state index is 5.14. The van der Waals surface area contributed by atoms with Crippen molar-refractivity contribution in [1.29, 1.82) is 0 Å². The van der Waals surface area contributed by atoms with E-state index < -0.39 is 0 Å². The van der Waals surface area contributed by atoms with Crippen molar-refractivity contribution in [2.75, 3.05) is 0 Å². The number of hydrogen-bond donors (Lipinski definition) is 0. The Morgan fingerprint density at radius 1 is 0.545 bits per heavy atom. The fourth-order valence-electron chi connectivity index (χ4n) is 3.06. The van der Waals surface area contributed by atoms with Crippen LogP contribution in [0, 0.1) is 10.8 Å². The van der Waals surface area contributed by atoms with Crippen molar-refractivity contribution < 1.29 is 0 Å². The summed E-state index contributed by atoms with van der Waals surface area (Å²) in [5.74, 6) is 0. The Morgan fingerprint density at radius 2 is 0.773 bits per heavy atom. The van der Waals surface area contributed by atoms with E-state index in [-0.39, 0.29) is 21.9 Å². The highest BCUT2D eigenvalue weighted by atomic mass is 15.0. The predicted octanol–water partition coefficient (Wildman–Crippen LogP) is 6.34. The molecule has 0 aliphatic carbocycles. The topological polar surface area (TPSA) is 24.7 Å². The Kier molecular flexibility index (Phi) is 7.51. The normalized spacial score (nSPS) is 15.2. The van der Waals surface area contributed by atoms with Gasteiger partial charge in [0.15, 0.2) is 0 Å². The lowest BCUT2D eigenvalue weighted by molar-refractivity contribution is 0.193. The molecule has 0 aromatic carbocycles. The number of rotatable bonds is 7. The summed E-state index contributed by atoms with van der Waals surface area (Å²) in [6.45, 7) is 22.3. The van der Waals surface area contributed by atoms with E-state index in [1.807, 2.05) is 0 Å². The molecule has 0 radical (unpaired) electrons. The second kappa shape index (κ2) is 7.75. The van der Waals surface area contributed by atoms with Crippen LogP contribution in [-0.4, -0.2) is 23.5 Å². The van der Waals surface area contributed by atoms with Gasteiger partial charge in [-0.1, -0.05) is 69.2 Å². The lowest BCUT2D eigenvalue weighted by atomic mass is 9.70. The van der Waals surface area contributed by atoms with Crippen molar-refractivity contribution in [2.24, 2.45) is 20.8 Å². The first kappa shape index (κ1) is 21.3. The molecule has 0 fully saturated rings. The molecule has 0 atom stereocenters. The molecule has 0 amide bonds. The first-order valence-corrected chi connectivity index (χ1v) is 9.03. The largest absolute Gasteiger partial charge is 0.288 e. The Balaban J connectivity index is 6.01. The third-order valence-corrected chi connectivity index (χ3v) is 4.60. The monoisotopic (exact) mass is 308 g/mol. The van der Waals surface area contributed by atoms with Crippen molar-refractivity contribution in [3.8, 4) is 0 Å². The van der Waals surface area contributed by atoms with Crippen LogP contribution >= 0.6 is 0 Å². The highest BCUT2D eigenvalue weighted by Crippen LogP contribution is 2.42. The van der Waals surface area contributed by atoms with Gasteiger partial charge < -0.3 is 0 Å². The van der Waals surface area contributed by atoms with Crippen LogP contribution in [0.2, 0.25) is 0 Å². The number of hydrogen-bond acceptors (Lipinski definition) is 2. The number of aliphatic imine (C=N–C) groups is 2. The maximum atomic E-state index is 5.14. The minimum absolute atomic E-state index is 0.106. The van der Waals surface area contributed by atoms with Crippen LogP contribution in [0.25, 0.3) is 0 Å². The number of nitrogens with zero attached hydrogens (tertiary/aromatic N) is 2. The fraction of sp³-hybridized carbons (Fsp3) is 0.900. The van der Waals surface area contributed by atoms with Gasteiger partial charge in [-0.25, -0.2) is 0 Å². The van der Waals surface area contributed by atoms with Crippen molar-refractivity contribution in [3.05, 3.63) is 0 Å². The van der Waals surface area contributed by atoms with Crippen LogP contribution in [0.1, 0.15) is 94.9 Å². The minimum Gasteiger partial charge on any atom is -0.288 e. The van der Waals surface area contributed by atoms with Crippen LogP contribution < -0.4 is 0 Å². The summed E-state index contributed by atoms with van der Waals surface area (Å²) < 4.78 is 0. The zero-order valence-corrected chi connectivity index (χ0v) is 16.9. The second-order valence-electron chi connectivity index (χ2n) is 8.73. The highest BCUT2D eigenvalue weighted by Gasteiger charge is 2.46. The van der Waals surface area contributed by atoms with E-state index in [1.54, 1.807) is 0 Å². The fourth-order valence-corrected chi connectivity index (χ4v) is 3.06. The van der Waals surface area contributed by atoms with Gasteiger partial charge in [-0.05, 0) is 36.5 Å². The first-order valence-electron chi connectivity index (χ1n) is 9.03. The van der Waals surface area contributed by atoms with Gasteiger partial charge in [-0.2, -0.15) is 0 Å². The summed E-state index contributed by atoms with van der Waals surface area (Å²) in [6.07, 6.45) is 8.40. The Morgan fingerprint density at radius 3 is 0.909 bits per heavy atom. The van der Waals surface area contributed by atoms with E-state index in [9.17, 15) is 0 Å². The van der Waals surface area contributed by atoms with E-state index in [0.717, 1.165) is 25.7 Å². The molecule has 0 aromatic rings. The molecule has 0 spiro atoms. The highest BCUT2D eigenvalue weighted by molar-refractivity contribution is 5.66. The molecule has 0 aliphatic heterocycles. The second-order valence-corrected chi connectivity index (χ2v) is 8.73. The third kappa shape index (κ3) is 5.52. The Bertz CT molecular complexity index is 331. The van der Waals surface area contributed by atoms with Gasteiger partial charge in [0.2, 0.25) is 0 Å². The van der Waals surface area contributed by atoms with Crippen LogP contribution in [0.4, 0.5) is 0 Å². The van der Waals surface area contributed by atoms with Gasteiger partial charge in [-0.15, -0.1) is 0 Å². The molecule has 0 heterocycles.